The summed E-state index contributed by atoms with van der Waals surface area (Å²) in [7, 11) is -3.25. The predicted molar refractivity (Wildman–Crippen MR) is 143 cm³/mol. The van der Waals surface area contributed by atoms with E-state index < -0.39 is 32.9 Å². The zero-order valence-electron chi connectivity index (χ0n) is 20.5. The Morgan fingerprint density at radius 2 is 1.62 bits per heavy atom. The molecule has 1 atom stereocenters. The van der Waals surface area contributed by atoms with Crippen LogP contribution in [0.3, 0.4) is 0 Å². The molecule has 0 fully saturated rings. The van der Waals surface area contributed by atoms with Gasteiger partial charge in [-0.1, -0.05) is 53.5 Å². The second-order valence-corrected chi connectivity index (χ2v) is 12.1. The lowest BCUT2D eigenvalue weighted by molar-refractivity contribution is -0.120. The topological polar surface area (TPSA) is 119 Å². The number of sulfonamides is 1. The molecule has 0 aromatic heterocycles. The molecule has 0 bridgehead atoms. The SMILES string of the molecule is COc1ccccc1S(=O)(=O)N1C(=O)C(N)(c2ccccc2Cl)c2c1ccc(Cl)c2C(=O)NC(C)(C)C. The van der Waals surface area contributed by atoms with Crippen LogP contribution in [0, 0.1) is 0 Å². The lowest BCUT2D eigenvalue weighted by atomic mass is 9.82. The molecule has 37 heavy (non-hydrogen) atoms. The van der Waals surface area contributed by atoms with Gasteiger partial charge in [-0.25, -0.2) is 12.7 Å². The molecule has 2 amide bonds. The second-order valence-electron chi connectivity index (χ2n) is 9.53. The molecule has 8 nitrogen and oxygen atoms in total. The number of carbonyl (C=O) groups excluding carboxylic acids is 2. The molecule has 0 spiro atoms. The summed E-state index contributed by atoms with van der Waals surface area (Å²) in [6, 6.07) is 14.9. The van der Waals surface area contributed by atoms with Gasteiger partial charge in [-0.15, -0.1) is 0 Å². The number of methoxy groups -OCH3 is 1. The van der Waals surface area contributed by atoms with E-state index in [1.807, 2.05) is 0 Å². The minimum Gasteiger partial charge on any atom is -0.495 e. The minimum atomic E-state index is -4.57. The lowest BCUT2D eigenvalue weighted by Crippen LogP contribution is -2.50. The number of amides is 2. The number of halogens is 2. The highest BCUT2D eigenvalue weighted by Crippen LogP contribution is 2.50. The van der Waals surface area contributed by atoms with Crippen LogP contribution in [0.4, 0.5) is 5.69 Å². The molecule has 0 saturated carbocycles. The van der Waals surface area contributed by atoms with E-state index in [4.69, 9.17) is 33.7 Å². The summed E-state index contributed by atoms with van der Waals surface area (Å²) in [4.78, 5) is 27.4. The van der Waals surface area contributed by atoms with Crippen LogP contribution in [0.2, 0.25) is 10.0 Å². The summed E-state index contributed by atoms with van der Waals surface area (Å²) < 4.78 is 33.8. The fourth-order valence-electron chi connectivity index (χ4n) is 4.34. The maximum Gasteiger partial charge on any atom is 0.274 e. The molecule has 1 aliphatic rings. The molecule has 1 heterocycles. The van der Waals surface area contributed by atoms with Crippen LogP contribution in [0.25, 0.3) is 0 Å². The van der Waals surface area contributed by atoms with Gasteiger partial charge in [0, 0.05) is 21.7 Å². The number of benzene rings is 3. The van der Waals surface area contributed by atoms with Gasteiger partial charge in [-0.3, -0.25) is 9.59 Å². The number of rotatable bonds is 5. The van der Waals surface area contributed by atoms with E-state index in [9.17, 15) is 18.0 Å². The first-order valence-electron chi connectivity index (χ1n) is 11.2. The van der Waals surface area contributed by atoms with Crippen molar-refractivity contribution in [2.75, 3.05) is 11.4 Å². The molecule has 194 valence electrons. The van der Waals surface area contributed by atoms with Gasteiger partial charge in [0.15, 0.2) is 5.54 Å². The summed E-state index contributed by atoms with van der Waals surface area (Å²) in [5.74, 6) is -1.61. The van der Waals surface area contributed by atoms with Crippen LogP contribution < -0.4 is 20.1 Å². The Kier molecular flexibility index (Phi) is 6.79. The zero-order chi connectivity index (χ0) is 27.3. The number of fused-ring (bicyclic) bond motifs is 1. The van der Waals surface area contributed by atoms with Crippen molar-refractivity contribution in [3.63, 3.8) is 0 Å². The lowest BCUT2D eigenvalue weighted by Gasteiger charge is -2.28. The van der Waals surface area contributed by atoms with Crippen molar-refractivity contribution in [1.82, 2.24) is 5.32 Å². The third-order valence-corrected chi connectivity index (χ3v) is 8.25. The van der Waals surface area contributed by atoms with Crippen LogP contribution >= 0.6 is 23.2 Å². The smallest absolute Gasteiger partial charge is 0.274 e. The first-order chi connectivity index (χ1) is 17.2. The second kappa shape index (κ2) is 9.33. The summed E-state index contributed by atoms with van der Waals surface area (Å²) in [5.41, 5.74) is 3.82. The quantitative estimate of drug-likeness (QED) is 0.474. The van der Waals surface area contributed by atoms with Crippen molar-refractivity contribution < 1.29 is 22.7 Å². The summed E-state index contributed by atoms with van der Waals surface area (Å²) in [6.45, 7) is 5.32. The van der Waals surface area contributed by atoms with Crippen molar-refractivity contribution in [2.45, 2.75) is 36.7 Å². The Morgan fingerprint density at radius 3 is 2.24 bits per heavy atom. The number of para-hydroxylation sites is 1. The molecule has 4 rings (SSSR count). The fourth-order valence-corrected chi connectivity index (χ4v) is 6.49. The predicted octanol–water partition coefficient (Wildman–Crippen LogP) is 4.47. The van der Waals surface area contributed by atoms with E-state index in [1.165, 1.54) is 49.6 Å². The van der Waals surface area contributed by atoms with Crippen molar-refractivity contribution in [3.05, 3.63) is 87.4 Å². The van der Waals surface area contributed by atoms with Gasteiger partial charge in [-0.05, 0) is 51.1 Å². The number of ether oxygens (including phenoxy) is 1. The maximum atomic E-state index is 14.2. The normalized spacial score (nSPS) is 17.5. The number of anilines is 1. The highest BCUT2D eigenvalue weighted by atomic mass is 35.5. The van der Waals surface area contributed by atoms with Crippen molar-refractivity contribution in [1.29, 1.82) is 0 Å². The average molecular weight is 562 g/mol. The third-order valence-electron chi connectivity index (χ3n) is 5.87. The van der Waals surface area contributed by atoms with Crippen LogP contribution in [-0.2, 0) is 20.4 Å². The van der Waals surface area contributed by atoms with Gasteiger partial charge in [0.05, 0.1) is 23.4 Å². The number of nitrogens with two attached hydrogens (primary N) is 1. The summed E-state index contributed by atoms with van der Waals surface area (Å²) >= 11 is 13.0. The largest absolute Gasteiger partial charge is 0.495 e. The highest BCUT2D eigenvalue weighted by Gasteiger charge is 2.57. The molecular weight excluding hydrogens is 537 g/mol. The molecular formula is C26H25Cl2N3O5S. The van der Waals surface area contributed by atoms with E-state index in [1.54, 1.807) is 39.0 Å². The molecule has 11 heteroatoms. The van der Waals surface area contributed by atoms with E-state index >= 15 is 0 Å². The third kappa shape index (κ3) is 4.35. The highest BCUT2D eigenvalue weighted by molar-refractivity contribution is 7.93. The molecule has 1 aliphatic heterocycles. The Labute approximate surface area is 225 Å². The number of carbonyl (C=O) groups is 2. The number of hydrogen-bond donors (Lipinski definition) is 2. The van der Waals surface area contributed by atoms with E-state index in [2.05, 4.69) is 5.32 Å². The van der Waals surface area contributed by atoms with Gasteiger partial charge in [0.1, 0.15) is 10.6 Å². The first-order valence-corrected chi connectivity index (χ1v) is 13.4. The number of hydrogen-bond acceptors (Lipinski definition) is 6. The summed E-state index contributed by atoms with van der Waals surface area (Å²) in [6.07, 6.45) is 0. The summed E-state index contributed by atoms with van der Waals surface area (Å²) in [5, 5.41) is 2.92. The van der Waals surface area contributed by atoms with Crippen LogP contribution in [0.1, 0.15) is 42.3 Å². The van der Waals surface area contributed by atoms with Crippen molar-refractivity contribution in [2.24, 2.45) is 5.73 Å². The molecule has 3 aromatic rings. The van der Waals surface area contributed by atoms with E-state index in [0.29, 0.717) is 4.31 Å². The fraction of sp³-hybridized carbons (Fsp3) is 0.231. The minimum absolute atomic E-state index is 0.00767. The molecule has 3 N–H and O–H groups in total. The van der Waals surface area contributed by atoms with Crippen LogP contribution in [0.5, 0.6) is 5.75 Å². The van der Waals surface area contributed by atoms with Gasteiger partial charge >= 0.3 is 0 Å². The van der Waals surface area contributed by atoms with Crippen molar-refractivity contribution in [3.8, 4) is 5.75 Å². The molecule has 0 aliphatic carbocycles. The van der Waals surface area contributed by atoms with Gasteiger partial charge in [-0.2, -0.15) is 0 Å². The van der Waals surface area contributed by atoms with Gasteiger partial charge in [0.2, 0.25) is 0 Å². The van der Waals surface area contributed by atoms with E-state index in [0.717, 1.165) is 0 Å². The monoisotopic (exact) mass is 561 g/mol. The Morgan fingerprint density at radius 1 is 1.00 bits per heavy atom. The van der Waals surface area contributed by atoms with Crippen molar-refractivity contribution >= 4 is 50.7 Å². The first kappa shape index (κ1) is 26.9. The maximum absolute atomic E-state index is 14.2. The number of nitrogens with one attached hydrogen (secondary N) is 1. The Hall–Kier alpha value is -3.11. The Balaban J connectivity index is 2.09. The molecule has 0 saturated heterocycles. The Bertz CT molecular complexity index is 1540. The molecule has 0 radical (unpaired) electrons. The number of nitrogens with zero attached hydrogens (tertiary/aromatic N) is 1. The zero-order valence-corrected chi connectivity index (χ0v) is 22.8. The van der Waals surface area contributed by atoms with Gasteiger partial charge < -0.3 is 15.8 Å². The average Bonchev–Trinajstić information content (AvgIpc) is 3.06. The van der Waals surface area contributed by atoms with Gasteiger partial charge in [0.25, 0.3) is 21.8 Å². The molecule has 3 aromatic carbocycles. The molecule has 1 unspecified atom stereocenters. The van der Waals surface area contributed by atoms with Crippen LogP contribution in [0.15, 0.2) is 65.6 Å². The standard InChI is InChI=1S/C26H25Cl2N3O5S/c1-25(2,3)30-23(32)21-17(28)13-14-18-22(21)26(29,15-9-5-6-10-16(15)27)24(33)31(18)37(34,35)20-12-8-7-11-19(20)36-4/h5-14H,29H2,1-4H3,(H,30,32). The van der Waals surface area contributed by atoms with Crippen LogP contribution in [-0.4, -0.2) is 32.9 Å². The van der Waals surface area contributed by atoms with E-state index in [-0.39, 0.29) is 43.1 Å².